The summed E-state index contributed by atoms with van der Waals surface area (Å²) in [4.78, 5) is 19.5. The molecule has 6 rings (SSSR count). The number of ether oxygens (including phenoxy) is 3. The number of aromatic nitrogens is 6. The first-order chi connectivity index (χ1) is 18.5. The van der Waals surface area contributed by atoms with E-state index in [1.54, 1.807) is 9.20 Å². The summed E-state index contributed by atoms with van der Waals surface area (Å²) >= 11 is 0. The quantitative estimate of drug-likeness (QED) is 0.496. The zero-order valence-corrected chi connectivity index (χ0v) is 23.3. The Hall–Kier alpha value is -3.35. The summed E-state index contributed by atoms with van der Waals surface area (Å²) in [7, 11) is 0. The number of carboxylic acids is 1. The van der Waals surface area contributed by atoms with Gasteiger partial charge in [0.2, 0.25) is 0 Å². The van der Waals surface area contributed by atoms with Crippen LogP contribution in [0.3, 0.4) is 0 Å². The predicted molar refractivity (Wildman–Crippen MR) is 143 cm³/mol. The molecule has 3 aliphatic rings. The fourth-order valence-corrected chi connectivity index (χ4v) is 5.04. The molecule has 0 unspecified atom stereocenters. The van der Waals surface area contributed by atoms with E-state index in [1.807, 2.05) is 52.1 Å². The van der Waals surface area contributed by atoms with Crippen molar-refractivity contribution >= 4 is 17.4 Å². The van der Waals surface area contributed by atoms with Gasteiger partial charge in [0.1, 0.15) is 11.5 Å². The molecule has 0 spiro atoms. The number of rotatable bonds is 3. The van der Waals surface area contributed by atoms with Gasteiger partial charge < -0.3 is 24.2 Å². The average Bonchev–Trinajstić information content (AvgIpc) is 3.47. The maximum absolute atomic E-state index is 12.6. The smallest absolute Gasteiger partial charge is 0.337 e. The number of piperidine rings is 1. The molecular weight excluding hydrogens is 502 g/mol. The Bertz CT molecular complexity index is 1360. The van der Waals surface area contributed by atoms with Crippen molar-refractivity contribution in [2.45, 2.75) is 77.9 Å². The zero-order chi connectivity index (χ0) is 27.8. The summed E-state index contributed by atoms with van der Waals surface area (Å²) in [6.45, 7) is 12.5. The van der Waals surface area contributed by atoms with Gasteiger partial charge in [-0.15, -0.1) is 5.10 Å². The highest BCUT2D eigenvalue weighted by molar-refractivity contribution is 5.78. The van der Waals surface area contributed by atoms with E-state index in [1.165, 1.54) is 0 Å². The van der Waals surface area contributed by atoms with Crippen LogP contribution in [0.2, 0.25) is 0 Å². The second kappa shape index (κ2) is 10.7. The molecule has 0 amide bonds. The lowest BCUT2D eigenvalue weighted by Gasteiger charge is -2.41. The lowest BCUT2D eigenvalue weighted by Crippen LogP contribution is -2.45. The molecule has 0 radical (unpaired) electrons. The zero-order valence-electron chi connectivity index (χ0n) is 23.3. The van der Waals surface area contributed by atoms with Crippen LogP contribution in [-0.4, -0.2) is 78.2 Å². The van der Waals surface area contributed by atoms with Crippen molar-refractivity contribution in [2.24, 2.45) is 0 Å². The minimum atomic E-state index is -1.21. The van der Waals surface area contributed by atoms with Crippen molar-refractivity contribution in [1.82, 2.24) is 29.6 Å². The summed E-state index contributed by atoms with van der Waals surface area (Å²) in [5, 5.41) is 23.6. The standard InChI is InChI=1S/C27H37N7O5/c1-18-22(23(25(35)36)39-26(2,3)4)24-32-10-8-27(5,9-11-32)38-13-7-6-12-37-17-20-16-33(31-29-20)15-19-14-21(28-18)34(24)30-19/h6-7,14,16,23H,8-13,15,17H2,1-5H3,(H,35,36)/b7-6+/t23-/m0/s1. The SMILES string of the molecule is Cc1nc2cc3nn2c(c1[C@H](OC(C)(C)C)C(=O)O)N1CCC(C)(CC1)OC/C=C/COCc1cn(nn1)C3. The van der Waals surface area contributed by atoms with Gasteiger partial charge >= 0.3 is 5.97 Å². The number of fused-ring (bicyclic) bond motifs is 7. The highest BCUT2D eigenvalue weighted by atomic mass is 16.5. The number of anilines is 1. The van der Waals surface area contributed by atoms with E-state index in [0.29, 0.717) is 62.2 Å². The van der Waals surface area contributed by atoms with E-state index in [2.05, 4.69) is 22.1 Å². The van der Waals surface area contributed by atoms with Crippen LogP contribution in [0.4, 0.5) is 5.82 Å². The molecule has 1 saturated heterocycles. The van der Waals surface area contributed by atoms with Crippen LogP contribution >= 0.6 is 0 Å². The van der Waals surface area contributed by atoms with Crippen LogP contribution in [0.1, 0.15) is 69.3 Å². The van der Waals surface area contributed by atoms with Crippen LogP contribution in [-0.2, 0) is 32.2 Å². The lowest BCUT2D eigenvalue weighted by atomic mass is 9.92. The van der Waals surface area contributed by atoms with Crippen LogP contribution in [0.5, 0.6) is 0 Å². The van der Waals surface area contributed by atoms with Gasteiger partial charge in [0, 0.05) is 24.8 Å². The first-order valence-corrected chi connectivity index (χ1v) is 13.3. The predicted octanol–water partition coefficient (Wildman–Crippen LogP) is 3.08. The number of hydrogen-bond donors (Lipinski definition) is 1. The summed E-state index contributed by atoms with van der Waals surface area (Å²) in [6, 6.07) is 1.90. The molecule has 210 valence electrons. The van der Waals surface area contributed by atoms with E-state index in [-0.39, 0.29) is 5.60 Å². The van der Waals surface area contributed by atoms with Crippen molar-refractivity contribution in [3.63, 3.8) is 0 Å². The van der Waals surface area contributed by atoms with Crippen LogP contribution < -0.4 is 4.90 Å². The molecule has 3 aromatic rings. The monoisotopic (exact) mass is 539 g/mol. The van der Waals surface area contributed by atoms with Crippen molar-refractivity contribution < 1.29 is 24.1 Å². The minimum absolute atomic E-state index is 0.299. The number of carbonyl (C=O) groups is 1. The Morgan fingerprint density at radius 2 is 1.92 bits per heavy atom. The molecule has 39 heavy (non-hydrogen) atoms. The van der Waals surface area contributed by atoms with Gasteiger partial charge in [0.05, 0.1) is 55.0 Å². The van der Waals surface area contributed by atoms with Crippen LogP contribution in [0.15, 0.2) is 24.4 Å². The molecule has 1 N–H and O–H groups in total. The number of aryl methyl sites for hydroxylation is 1. The van der Waals surface area contributed by atoms with Gasteiger partial charge in [0.15, 0.2) is 11.8 Å². The molecule has 0 aromatic carbocycles. The highest BCUT2D eigenvalue weighted by Gasteiger charge is 2.37. The molecule has 0 aliphatic carbocycles. The van der Waals surface area contributed by atoms with Gasteiger partial charge in [-0.05, 0) is 47.5 Å². The third-order valence-electron chi connectivity index (χ3n) is 7.00. The lowest BCUT2D eigenvalue weighted by molar-refractivity contribution is -0.160. The normalized spacial score (nSPS) is 20.0. The van der Waals surface area contributed by atoms with Crippen molar-refractivity contribution in [2.75, 3.05) is 31.2 Å². The topological polar surface area (TPSA) is 129 Å². The fourth-order valence-electron chi connectivity index (χ4n) is 5.04. The van der Waals surface area contributed by atoms with Crippen molar-refractivity contribution in [3.8, 4) is 0 Å². The third-order valence-corrected chi connectivity index (χ3v) is 7.00. The largest absolute Gasteiger partial charge is 0.479 e. The Labute approximate surface area is 227 Å². The average molecular weight is 540 g/mol. The molecule has 1 fully saturated rings. The number of carboxylic acid groups (broad SMARTS) is 1. The molecule has 6 heterocycles. The summed E-state index contributed by atoms with van der Waals surface area (Å²) in [5.74, 6) is -0.379. The number of nitrogens with zero attached hydrogens (tertiary/aromatic N) is 7. The van der Waals surface area contributed by atoms with E-state index < -0.39 is 17.7 Å². The molecule has 1 atom stereocenters. The van der Waals surface area contributed by atoms with E-state index in [0.717, 1.165) is 24.2 Å². The van der Waals surface area contributed by atoms with Crippen molar-refractivity contribution in [1.29, 1.82) is 0 Å². The van der Waals surface area contributed by atoms with Gasteiger partial charge in [-0.3, -0.25) is 0 Å². The maximum atomic E-state index is 12.6. The number of aliphatic carboxylic acids is 1. The Kier molecular flexibility index (Phi) is 7.45. The van der Waals surface area contributed by atoms with E-state index >= 15 is 0 Å². The Balaban J connectivity index is 1.62. The molecule has 12 nitrogen and oxygen atoms in total. The molecule has 12 heteroatoms. The first-order valence-electron chi connectivity index (χ1n) is 13.3. The molecule has 6 bridgehead atoms. The highest BCUT2D eigenvalue weighted by Crippen LogP contribution is 2.37. The third kappa shape index (κ3) is 6.13. The second-order valence-electron chi connectivity index (χ2n) is 11.4. The summed E-state index contributed by atoms with van der Waals surface area (Å²) in [6.07, 6.45) is 6.09. The van der Waals surface area contributed by atoms with Crippen LogP contribution in [0.25, 0.3) is 5.65 Å². The van der Waals surface area contributed by atoms with E-state index in [4.69, 9.17) is 24.3 Å². The first kappa shape index (κ1) is 27.2. The van der Waals surface area contributed by atoms with Gasteiger partial charge in [0.25, 0.3) is 0 Å². The van der Waals surface area contributed by atoms with Crippen LogP contribution in [0, 0.1) is 6.92 Å². The van der Waals surface area contributed by atoms with Gasteiger partial charge in [-0.25, -0.2) is 14.5 Å². The minimum Gasteiger partial charge on any atom is -0.479 e. The fraction of sp³-hybridized carbons (Fsp3) is 0.593. The molecule has 3 aliphatic heterocycles. The summed E-state index contributed by atoms with van der Waals surface area (Å²) < 4.78 is 21.5. The van der Waals surface area contributed by atoms with E-state index in [9.17, 15) is 9.90 Å². The van der Waals surface area contributed by atoms with Gasteiger partial charge in [-0.1, -0.05) is 17.4 Å². The van der Waals surface area contributed by atoms with Crippen molar-refractivity contribution in [3.05, 3.63) is 47.1 Å². The molecule has 3 aromatic heterocycles. The Morgan fingerprint density at radius 1 is 1.18 bits per heavy atom. The number of hydrogen-bond acceptors (Lipinski definition) is 9. The van der Waals surface area contributed by atoms with Gasteiger partial charge in [-0.2, -0.15) is 9.61 Å². The molecular formula is C27H37N7O5. The summed E-state index contributed by atoms with van der Waals surface area (Å²) in [5.41, 5.74) is 2.21. The second-order valence-corrected chi connectivity index (χ2v) is 11.4. The Morgan fingerprint density at radius 3 is 2.64 bits per heavy atom. The maximum Gasteiger partial charge on any atom is 0.337 e. The molecule has 0 saturated carbocycles.